The van der Waals surface area contributed by atoms with Gasteiger partial charge in [-0.25, -0.2) is 15.6 Å². The third-order valence-electron chi connectivity index (χ3n) is 0.899. The number of hydrogen-bond acceptors (Lipinski definition) is 4. The lowest BCUT2D eigenvalue weighted by atomic mass is 10.3. The largest absolute Gasteiger partial charge is 0.294 e. The predicted octanol–water partition coefficient (Wildman–Crippen LogP) is -0.908. The molecule has 0 aromatic carbocycles. The Morgan fingerprint density at radius 3 is 2.90 bits per heavy atom. The van der Waals surface area contributed by atoms with Crippen molar-refractivity contribution in [3.8, 4) is 0 Å². The van der Waals surface area contributed by atoms with Gasteiger partial charge in [-0.2, -0.15) is 0 Å². The fourth-order valence-corrected chi connectivity index (χ4v) is 0.436. The van der Waals surface area contributed by atoms with Crippen molar-refractivity contribution in [1.29, 1.82) is 0 Å². The Morgan fingerprint density at radius 2 is 2.40 bits per heavy atom. The van der Waals surface area contributed by atoms with Crippen LogP contribution in [0.2, 0.25) is 0 Å². The van der Waals surface area contributed by atoms with Crippen molar-refractivity contribution in [2.45, 2.75) is 12.8 Å². The summed E-state index contributed by atoms with van der Waals surface area (Å²) in [5.74, 6) is 4.53. The maximum atomic E-state index is 10.4. The van der Waals surface area contributed by atoms with Crippen molar-refractivity contribution in [3.05, 3.63) is 0 Å². The highest BCUT2D eigenvalue weighted by Crippen LogP contribution is 1.86. The van der Waals surface area contributed by atoms with Crippen molar-refractivity contribution in [2.24, 2.45) is 10.8 Å². The van der Waals surface area contributed by atoms with Gasteiger partial charge in [-0.1, -0.05) is 0 Å². The SMILES string of the molecule is NNC(=O)CCCN=C=O. The fraction of sp³-hybridized carbons (Fsp3) is 0.600. The molecule has 5 nitrogen and oxygen atoms in total. The van der Waals surface area contributed by atoms with Crippen molar-refractivity contribution in [3.63, 3.8) is 0 Å². The van der Waals surface area contributed by atoms with E-state index < -0.39 is 0 Å². The number of amides is 1. The van der Waals surface area contributed by atoms with Gasteiger partial charge in [-0.15, -0.1) is 0 Å². The summed E-state index contributed by atoms with van der Waals surface area (Å²) < 4.78 is 0. The summed E-state index contributed by atoms with van der Waals surface area (Å²) in [6.07, 6.45) is 2.19. The summed E-state index contributed by atoms with van der Waals surface area (Å²) >= 11 is 0. The highest BCUT2D eigenvalue weighted by Gasteiger charge is 1.94. The standard InChI is InChI=1S/C5H9N3O2/c6-8-5(10)2-1-3-7-4-9/h1-3,6H2,(H,8,10). The second-order valence-electron chi connectivity index (χ2n) is 1.64. The van der Waals surface area contributed by atoms with Gasteiger partial charge in [0.15, 0.2) is 0 Å². The van der Waals surface area contributed by atoms with E-state index in [1.165, 1.54) is 6.08 Å². The first-order chi connectivity index (χ1) is 4.81. The number of nitrogens with zero attached hydrogens (tertiary/aromatic N) is 1. The molecule has 0 aliphatic heterocycles. The van der Waals surface area contributed by atoms with Gasteiger partial charge in [0, 0.05) is 6.42 Å². The van der Waals surface area contributed by atoms with Crippen LogP contribution in [0.15, 0.2) is 4.99 Å². The van der Waals surface area contributed by atoms with Crippen molar-refractivity contribution in [1.82, 2.24) is 5.43 Å². The normalized spacial score (nSPS) is 8.10. The van der Waals surface area contributed by atoms with Gasteiger partial charge in [0.25, 0.3) is 0 Å². The summed E-state index contributed by atoms with van der Waals surface area (Å²) in [6.45, 7) is 0.330. The number of hydrogen-bond donors (Lipinski definition) is 2. The zero-order valence-corrected chi connectivity index (χ0v) is 5.46. The highest BCUT2D eigenvalue weighted by atomic mass is 16.2. The van der Waals surface area contributed by atoms with Gasteiger partial charge in [-0.05, 0) is 6.42 Å². The van der Waals surface area contributed by atoms with Gasteiger partial charge >= 0.3 is 0 Å². The number of carbonyl (C=O) groups is 1. The average Bonchev–Trinajstić information content (AvgIpc) is 1.98. The quantitative estimate of drug-likeness (QED) is 0.133. The van der Waals surface area contributed by atoms with Crippen LogP contribution in [0.25, 0.3) is 0 Å². The predicted molar refractivity (Wildman–Crippen MR) is 34.6 cm³/mol. The molecule has 0 spiro atoms. The fourth-order valence-electron chi connectivity index (χ4n) is 0.436. The van der Waals surface area contributed by atoms with Crippen LogP contribution in [0.3, 0.4) is 0 Å². The topological polar surface area (TPSA) is 84.5 Å². The lowest BCUT2D eigenvalue weighted by Gasteiger charge is -1.93. The van der Waals surface area contributed by atoms with Gasteiger partial charge in [0.1, 0.15) is 0 Å². The second-order valence-corrected chi connectivity index (χ2v) is 1.64. The molecule has 1 amide bonds. The average molecular weight is 143 g/mol. The molecule has 0 heterocycles. The molecule has 0 rings (SSSR count). The van der Waals surface area contributed by atoms with Crippen LogP contribution < -0.4 is 11.3 Å². The van der Waals surface area contributed by atoms with E-state index in [0.717, 1.165) is 0 Å². The molecular formula is C5H9N3O2. The molecule has 5 heteroatoms. The Balaban J connectivity index is 3.19. The van der Waals surface area contributed by atoms with Crippen molar-refractivity contribution >= 4 is 12.0 Å². The highest BCUT2D eigenvalue weighted by molar-refractivity contribution is 5.75. The van der Waals surface area contributed by atoms with E-state index in [0.29, 0.717) is 19.4 Å². The summed E-state index contributed by atoms with van der Waals surface area (Å²) in [5.41, 5.74) is 1.96. The van der Waals surface area contributed by atoms with Crippen molar-refractivity contribution in [2.75, 3.05) is 6.54 Å². The van der Waals surface area contributed by atoms with Crippen LogP contribution >= 0.6 is 0 Å². The number of isocyanates is 1. The van der Waals surface area contributed by atoms with E-state index in [2.05, 4.69) is 4.99 Å². The van der Waals surface area contributed by atoms with Crippen LogP contribution in [0.1, 0.15) is 12.8 Å². The summed E-state index contributed by atoms with van der Waals surface area (Å²) in [7, 11) is 0. The van der Waals surface area contributed by atoms with Crippen LogP contribution in [0, 0.1) is 0 Å². The molecule has 0 atom stereocenters. The van der Waals surface area contributed by atoms with E-state index in [-0.39, 0.29) is 5.91 Å². The minimum atomic E-state index is -0.249. The van der Waals surface area contributed by atoms with Crippen LogP contribution in [-0.2, 0) is 9.59 Å². The molecule has 3 N–H and O–H groups in total. The Kier molecular flexibility index (Phi) is 5.23. The first-order valence-electron chi connectivity index (χ1n) is 2.84. The number of aliphatic imine (C=N–C) groups is 1. The van der Waals surface area contributed by atoms with Gasteiger partial charge in [0.2, 0.25) is 12.0 Å². The molecular weight excluding hydrogens is 134 g/mol. The van der Waals surface area contributed by atoms with Gasteiger partial charge in [0.05, 0.1) is 6.54 Å². The van der Waals surface area contributed by atoms with E-state index in [9.17, 15) is 9.59 Å². The number of carbonyl (C=O) groups excluding carboxylic acids is 2. The first kappa shape index (κ1) is 8.81. The molecule has 0 saturated carbocycles. The molecule has 0 aliphatic rings. The van der Waals surface area contributed by atoms with Crippen LogP contribution in [0.5, 0.6) is 0 Å². The smallest absolute Gasteiger partial charge is 0.234 e. The van der Waals surface area contributed by atoms with E-state index in [1.807, 2.05) is 5.43 Å². The summed E-state index contributed by atoms with van der Waals surface area (Å²) in [4.78, 5) is 23.2. The minimum absolute atomic E-state index is 0.249. The lowest BCUT2D eigenvalue weighted by Crippen LogP contribution is -2.29. The third-order valence-corrected chi connectivity index (χ3v) is 0.899. The molecule has 56 valence electrons. The summed E-state index contributed by atoms with van der Waals surface area (Å²) in [6, 6.07) is 0. The minimum Gasteiger partial charge on any atom is -0.294 e. The summed E-state index contributed by atoms with van der Waals surface area (Å²) in [5, 5.41) is 0. The maximum absolute atomic E-state index is 10.4. The van der Waals surface area contributed by atoms with E-state index in [1.54, 1.807) is 0 Å². The molecule has 0 aliphatic carbocycles. The van der Waals surface area contributed by atoms with Gasteiger partial charge < -0.3 is 0 Å². The number of rotatable bonds is 4. The number of nitrogens with two attached hydrogens (primary N) is 1. The molecule has 0 fully saturated rings. The van der Waals surface area contributed by atoms with E-state index >= 15 is 0 Å². The maximum Gasteiger partial charge on any atom is 0.234 e. The molecule has 0 unspecified atom stereocenters. The van der Waals surface area contributed by atoms with Crippen LogP contribution in [-0.4, -0.2) is 18.5 Å². The van der Waals surface area contributed by atoms with Gasteiger partial charge in [-0.3, -0.25) is 10.2 Å². The number of nitrogens with one attached hydrogen (secondary N) is 1. The zero-order valence-electron chi connectivity index (χ0n) is 5.46. The van der Waals surface area contributed by atoms with E-state index in [4.69, 9.17) is 5.84 Å². The second kappa shape index (κ2) is 5.94. The first-order valence-corrected chi connectivity index (χ1v) is 2.84. The molecule has 0 aromatic rings. The monoisotopic (exact) mass is 143 g/mol. The molecule has 0 aromatic heterocycles. The number of hydrazine groups is 1. The Morgan fingerprint density at radius 1 is 1.70 bits per heavy atom. The van der Waals surface area contributed by atoms with Crippen LogP contribution in [0.4, 0.5) is 0 Å². The van der Waals surface area contributed by atoms with Crippen molar-refractivity contribution < 1.29 is 9.59 Å². The Labute approximate surface area is 58.3 Å². The lowest BCUT2D eigenvalue weighted by molar-refractivity contribution is -0.121. The molecule has 0 saturated heterocycles. The third kappa shape index (κ3) is 4.96. The molecule has 10 heavy (non-hydrogen) atoms. The molecule has 0 radical (unpaired) electrons. The molecule has 0 bridgehead atoms. The Hall–Kier alpha value is -1.19. The zero-order chi connectivity index (χ0) is 7.82. The Bertz CT molecular complexity index is 151.